The zero-order chi connectivity index (χ0) is 20.4. The van der Waals surface area contributed by atoms with Gasteiger partial charge in [0, 0.05) is 25.3 Å². The molecule has 0 spiro atoms. The van der Waals surface area contributed by atoms with Gasteiger partial charge in [-0.1, -0.05) is 0 Å². The molecule has 1 aromatic carbocycles. The summed E-state index contributed by atoms with van der Waals surface area (Å²) < 4.78 is 35.5. The number of benzene rings is 1. The number of anilines is 1. The molecular weight excluding hydrogens is 372 g/mol. The van der Waals surface area contributed by atoms with Crippen LogP contribution in [0.5, 0.6) is 0 Å². The molecule has 1 aromatic heterocycles. The van der Waals surface area contributed by atoms with Crippen LogP contribution in [0.2, 0.25) is 0 Å². The number of hydrogen-bond donors (Lipinski definition) is 1. The van der Waals surface area contributed by atoms with E-state index in [0.717, 1.165) is 4.31 Å². The van der Waals surface area contributed by atoms with Crippen LogP contribution in [0.25, 0.3) is 0 Å². The van der Waals surface area contributed by atoms with Gasteiger partial charge in [-0.2, -0.15) is 0 Å². The molecule has 146 valence electrons. The summed E-state index contributed by atoms with van der Waals surface area (Å²) in [4.78, 5) is 24.2. The van der Waals surface area contributed by atoms with Gasteiger partial charge in [-0.25, -0.2) is 17.5 Å². The molecule has 2 rings (SSSR count). The number of sulfonamides is 1. The fourth-order valence-corrected chi connectivity index (χ4v) is 3.32. The maximum absolute atomic E-state index is 12.1. The minimum atomic E-state index is -3.54. The number of nitrogens with zero attached hydrogens (tertiary/aromatic N) is 1. The molecule has 8 nitrogen and oxygen atoms in total. The topological polar surface area (TPSA) is 106 Å². The molecule has 1 N–H and O–H groups in total. The molecule has 0 aliphatic rings. The van der Waals surface area contributed by atoms with Gasteiger partial charge in [-0.15, -0.1) is 0 Å². The Morgan fingerprint density at radius 2 is 1.67 bits per heavy atom. The molecule has 0 unspecified atom stereocenters. The van der Waals surface area contributed by atoms with Crippen LogP contribution in [0.15, 0.2) is 33.6 Å². The van der Waals surface area contributed by atoms with Gasteiger partial charge in [0.25, 0.3) is 5.91 Å². The second kappa shape index (κ2) is 7.93. The minimum Gasteiger partial charge on any atom is -0.465 e. The van der Waals surface area contributed by atoms with Gasteiger partial charge < -0.3 is 14.5 Å². The average Bonchev–Trinajstić information content (AvgIpc) is 2.85. The smallest absolute Gasteiger partial charge is 0.342 e. The van der Waals surface area contributed by atoms with E-state index in [4.69, 9.17) is 9.15 Å². The van der Waals surface area contributed by atoms with Gasteiger partial charge in [0.1, 0.15) is 17.1 Å². The number of rotatable bonds is 6. The summed E-state index contributed by atoms with van der Waals surface area (Å²) in [6.07, 6.45) is 0. The zero-order valence-electron chi connectivity index (χ0n) is 15.8. The Labute approximate surface area is 158 Å². The lowest BCUT2D eigenvalue weighted by atomic mass is 10.1. The predicted octanol–water partition coefficient (Wildman–Crippen LogP) is 2.25. The maximum atomic E-state index is 12.1. The first-order valence-electron chi connectivity index (χ1n) is 8.10. The molecule has 0 aliphatic heterocycles. The highest BCUT2D eigenvalue weighted by atomic mass is 32.2. The molecular formula is C18H22N2O6S. The summed E-state index contributed by atoms with van der Waals surface area (Å²) >= 11 is 0. The van der Waals surface area contributed by atoms with Crippen molar-refractivity contribution in [1.82, 2.24) is 4.31 Å². The van der Waals surface area contributed by atoms with E-state index < -0.39 is 28.5 Å². The van der Waals surface area contributed by atoms with E-state index >= 15 is 0 Å². The second-order valence-electron chi connectivity index (χ2n) is 6.15. The third-order valence-electron chi connectivity index (χ3n) is 4.02. The van der Waals surface area contributed by atoms with Gasteiger partial charge in [-0.05, 0) is 45.0 Å². The first-order valence-corrected chi connectivity index (χ1v) is 9.54. The maximum Gasteiger partial charge on any atom is 0.342 e. The average molecular weight is 394 g/mol. The lowest BCUT2D eigenvalue weighted by Gasteiger charge is -2.12. The number of carbonyl (C=O) groups is 2. The van der Waals surface area contributed by atoms with Crippen molar-refractivity contribution in [3.05, 3.63) is 46.9 Å². The van der Waals surface area contributed by atoms with Crippen LogP contribution in [0.4, 0.5) is 5.69 Å². The predicted molar refractivity (Wildman–Crippen MR) is 99.1 cm³/mol. The van der Waals surface area contributed by atoms with Crippen molar-refractivity contribution in [2.45, 2.75) is 25.7 Å². The molecule has 0 saturated carbocycles. The third-order valence-corrected chi connectivity index (χ3v) is 5.85. The fraction of sp³-hybridized carbons (Fsp3) is 0.333. The Balaban J connectivity index is 1.97. The van der Waals surface area contributed by atoms with E-state index in [1.54, 1.807) is 20.8 Å². The molecule has 1 heterocycles. The summed E-state index contributed by atoms with van der Waals surface area (Å²) in [5.41, 5.74) is 1.38. The van der Waals surface area contributed by atoms with Crippen LogP contribution >= 0.6 is 0 Å². The van der Waals surface area contributed by atoms with Gasteiger partial charge >= 0.3 is 5.97 Å². The molecule has 9 heteroatoms. The normalized spacial score (nSPS) is 11.5. The van der Waals surface area contributed by atoms with Crippen molar-refractivity contribution in [2.24, 2.45) is 0 Å². The number of aryl methyl sites for hydroxylation is 2. The van der Waals surface area contributed by atoms with Crippen molar-refractivity contribution in [2.75, 3.05) is 26.0 Å². The lowest BCUT2D eigenvalue weighted by molar-refractivity contribution is -0.119. The molecule has 1 amide bonds. The second-order valence-corrected chi connectivity index (χ2v) is 8.30. The van der Waals surface area contributed by atoms with E-state index in [-0.39, 0.29) is 4.90 Å². The van der Waals surface area contributed by atoms with E-state index in [0.29, 0.717) is 28.3 Å². The van der Waals surface area contributed by atoms with Crippen LogP contribution in [0.1, 0.15) is 27.4 Å². The zero-order valence-corrected chi connectivity index (χ0v) is 16.6. The minimum absolute atomic E-state index is 0.109. The van der Waals surface area contributed by atoms with Crippen LogP contribution in [-0.2, 0) is 19.6 Å². The molecule has 0 bridgehead atoms. The highest BCUT2D eigenvalue weighted by molar-refractivity contribution is 7.89. The van der Waals surface area contributed by atoms with E-state index in [1.807, 2.05) is 0 Å². The number of furan rings is 1. The van der Waals surface area contributed by atoms with Gasteiger partial charge in [-0.3, -0.25) is 4.79 Å². The van der Waals surface area contributed by atoms with E-state index in [1.165, 1.54) is 38.4 Å². The van der Waals surface area contributed by atoms with Gasteiger partial charge in [0.2, 0.25) is 10.0 Å². The first-order chi connectivity index (χ1) is 12.5. The van der Waals surface area contributed by atoms with Crippen molar-refractivity contribution in [1.29, 1.82) is 0 Å². The summed E-state index contributed by atoms with van der Waals surface area (Å²) in [5.74, 6) is -0.115. The van der Waals surface area contributed by atoms with Crippen LogP contribution in [0.3, 0.4) is 0 Å². The van der Waals surface area contributed by atoms with Crippen molar-refractivity contribution >= 4 is 27.6 Å². The number of hydrogen-bond acceptors (Lipinski definition) is 6. The summed E-state index contributed by atoms with van der Waals surface area (Å²) in [6, 6.07) is 5.70. The van der Waals surface area contributed by atoms with Crippen LogP contribution < -0.4 is 5.32 Å². The third kappa shape index (κ3) is 4.55. The quantitative estimate of drug-likeness (QED) is 0.753. The standard InChI is InChI=1S/C18H22N2O6S/c1-11-12(2)26-13(3)17(11)18(22)25-10-16(21)19-14-6-8-15(9-7-14)27(23,24)20(4)5/h6-9H,10H2,1-5H3,(H,19,21). The number of esters is 1. The monoisotopic (exact) mass is 394 g/mol. The first kappa shape index (κ1) is 20.7. The van der Waals surface area contributed by atoms with Crippen molar-refractivity contribution in [3.8, 4) is 0 Å². The van der Waals surface area contributed by atoms with Crippen molar-refractivity contribution in [3.63, 3.8) is 0 Å². The van der Waals surface area contributed by atoms with Crippen molar-refractivity contribution < 1.29 is 27.2 Å². The Morgan fingerprint density at radius 1 is 1.07 bits per heavy atom. The molecule has 0 radical (unpaired) electrons. The molecule has 0 saturated heterocycles. The Kier molecular flexibility index (Phi) is 6.07. The van der Waals surface area contributed by atoms with Gasteiger partial charge in [0.15, 0.2) is 6.61 Å². The number of nitrogens with one attached hydrogen (secondary N) is 1. The van der Waals surface area contributed by atoms with E-state index in [2.05, 4.69) is 5.32 Å². The summed E-state index contributed by atoms with van der Waals surface area (Å²) in [6.45, 7) is 4.66. The largest absolute Gasteiger partial charge is 0.465 e. The Morgan fingerprint density at radius 3 is 2.15 bits per heavy atom. The van der Waals surface area contributed by atoms with Crippen LogP contribution in [-0.4, -0.2) is 45.3 Å². The molecule has 0 fully saturated rings. The SMILES string of the molecule is Cc1oc(C)c(C(=O)OCC(=O)Nc2ccc(S(=O)(=O)N(C)C)cc2)c1C. The highest BCUT2D eigenvalue weighted by Crippen LogP contribution is 2.21. The Bertz CT molecular complexity index is 958. The number of carbonyl (C=O) groups excluding carboxylic acids is 2. The highest BCUT2D eigenvalue weighted by Gasteiger charge is 2.21. The number of ether oxygens (including phenoxy) is 1. The summed E-state index contributed by atoms with van der Waals surface area (Å²) in [7, 11) is -0.668. The lowest BCUT2D eigenvalue weighted by Crippen LogP contribution is -2.23. The van der Waals surface area contributed by atoms with Gasteiger partial charge in [0.05, 0.1) is 4.90 Å². The Hall–Kier alpha value is -2.65. The molecule has 0 aliphatic carbocycles. The fourth-order valence-electron chi connectivity index (χ4n) is 2.42. The molecule has 27 heavy (non-hydrogen) atoms. The summed E-state index contributed by atoms with van der Waals surface area (Å²) in [5, 5.41) is 2.54. The molecule has 2 aromatic rings. The van der Waals surface area contributed by atoms with E-state index in [9.17, 15) is 18.0 Å². The van der Waals surface area contributed by atoms with Crippen LogP contribution in [0, 0.1) is 20.8 Å². The number of amides is 1. The molecule has 0 atom stereocenters.